The molecule has 0 aliphatic rings. The second kappa shape index (κ2) is 10.4. The van der Waals surface area contributed by atoms with Gasteiger partial charge in [0.05, 0.1) is 23.5 Å². The number of para-hydroxylation sites is 1. The SMILES string of the molecule is CCCC[NH+](CC(=O)N[C@@H](C)c1ccc(Cl)cc1)Cc1nc2ccccc2c(=O)[nH]1. The summed E-state index contributed by atoms with van der Waals surface area (Å²) < 4.78 is 0. The van der Waals surface area contributed by atoms with Crippen molar-refractivity contribution in [2.24, 2.45) is 0 Å². The highest BCUT2D eigenvalue weighted by Crippen LogP contribution is 2.15. The van der Waals surface area contributed by atoms with Gasteiger partial charge in [-0.05, 0) is 43.2 Å². The second-order valence-corrected chi connectivity index (χ2v) is 8.01. The fraction of sp³-hybridized carbons (Fsp3) is 0.348. The number of hydrogen-bond acceptors (Lipinski definition) is 3. The summed E-state index contributed by atoms with van der Waals surface area (Å²) in [4.78, 5) is 33.6. The highest BCUT2D eigenvalue weighted by molar-refractivity contribution is 6.30. The Morgan fingerprint density at radius 1 is 1.20 bits per heavy atom. The monoisotopic (exact) mass is 427 g/mol. The second-order valence-electron chi connectivity index (χ2n) is 7.58. The lowest BCUT2D eigenvalue weighted by Crippen LogP contribution is -3.12. The van der Waals surface area contributed by atoms with Crippen molar-refractivity contribution < 1.29 is 9.69 Å². The summed E-state index contributed by atoms with van der Waals surface area (Å²) in [5.41, 5.74) is 1.53. The first kappa shape index (κ1) is 22.0. The van der Waals surface area contributed by atoms with Gasteiger partial charge in [0.25, 0.3) is 11.5 Å². The Labute approximate surface area is 181 Å². The van der Waals surface area contributed by atoms with Crippen LogP contribution in [0.5, 0.6) is 0 Å². The minimum absolute atomic E-state index is 0.0355. The lowest BCUT2D eigenvalue weighted by atomic mass is 10.1. The van der Waals surface area contributed by atoms with E-state index >= 15 is 0 Å². The molecule has 0 saturated carbocycles. The number of H-pyrrole nitrogens is 1. The molecular formula is C23H28ClN4O2+. The van der Waals surface area contributed by atoms with E-state index < -0.39 is 0 Å². The van der Waals surface area contributed by atoms with Gasteiger partial charge >= 0.3 is 0 Å². The maximum absolute atomic E-state index is 12.7. The first-order valence-corrected chi connectivity index (χ1v) is 10.7. The Morgan fingerprint density at radius 3 is 2.67 bits per heavy atom. The van der Waals surface area contributed by atoms with Crippen LogP contribution in [0.2, 0.25) is 5.02 Å². The Balaban J connectivity index is 1.68. The third-order valence-electron chi connectivity index (χ3n) is 5.12. The third kappa shape index (κ3) is 5.90. The highest BCUT2D eigenvalue weighted by Gasteiger charge is 2.18. The van der Waals surface area contributed by atoms with Crippen molar-refractivity contribution in [1.82, 2.24) is 15.3 Å². The van der Waals surface area contributed by atoms with Crippen LogP contribution in [0, 0.1) is 0 Å². The number of hydrogen-bond donors (Lipinski definition) is 3. The molecule has 0 fully saturated rings. The zero-order valence-corrected chi connectivity index (χ0v) is 18.1. The van der Waals surface area contributed by atoms with Crippen molar-refractivity contribution in [2.45, 2.75) is 39.3 Å². The highest BCUT2D eigenvalue weighted by atomic mass is 35.5. The van der Waals surface area contributed by atoms with Gasteiger partial charge in [-0.25, -0.2) is 4.98 Å². The Hall–Kier alpha value is -2.70. The van der Waals surface area contributed by atoms with Crippen LogP contribution < -0.4 is 15.8 Å². The molecule has 2 atom stereocenters. The van der Waals surface area contributed by atoms with E-state index in [1.54, 1.807) is 6.07 Å². The molecule has 1 unspecified atom stereocenters. The summed E-state index contributed by atoms with van der Waals surface area (Å²) in [6.45, 7) is 5.71. The van der Waals surface area contributed by atoms with Crippen LogP contribution in [0.4, 0.5) is 0 Å². The van der Waals surface area contributed by atoms with E-state index in [0.717, 1.165) is 29.8 Å². The van der Waals surface area contributed by atoms with Gasteiger partial charge in [-0.1, -0.05) is 49.2 Å². The largest absolute Gasteiger partial charge is 0.345 e. The first-order valence-electron chi connectivity index (χ1n) is 10.3. The molecule has 0 radical (unpaired) electrons. The third-order valence-corrected chi connectivity index (χ3v) is 5.37. The number of quaternary nitrogens is 1. The molecule has 6 nitrogen and oxygen atoms in total. The predicted molar refractivity (Wildman–Crippen MR) is 120 cm³/mol. The molecule has 0 spiro atoms. The van der Waals surface area contributed by atoms with Crippen molar-refractivity contribution in [3.8, 4) is 0 Å². The number of nitrogens with zero attached hydrogens (tertiary/aromatic N) is 1. The molecule has 7 heteroatoms. The Kier molecular flexibility index (Phi) is 7.60. The number of aromatic amines is 1. The first-order chi connectivity index (χ1) is 14.5. The number of amides is 1. The lowest BCUT2D eigenvalue weighted by Gasteiger charge is -2.20. The minimum atomic E-state index is -0.147. The van der Waals surface area contributed by atoms with Crippen molar-refractivity contribution in [2.75, 3.05) is 13.1 Å². The maximum atomic E-state index is 12.7. The van der Waals surface area contributed by atoms with Gasteiger partial charge < -0.3 is 15.2 Å². The molecule has 1 aromatic heterocycles. The normalized spacial score (nSPS) is 13.2. The molecule has 0 aliphatic carbocycles. The van der Waals surface area contributed by atoms with Crippen LogP contribution in [0.15, 0.2) is 53.3 Å². The molecule has 30 heavy (non-hydrogen) atoms. The number of unbranched alkanes of at least 4 members (excludes halogenated alkanes) is 1. The van der Waals surface area contributed by atoms with Gasteiger partial charge in [0.15, 0.2) is 12.4 Å². The van der Waals surface area contributed by atoms with Crippen LogP contribution in [-0.2, 0) is 11.3 Å². The molecule has 0 aliphatic heterocycles. The molecule has 2 aromatic carbocycles. The molecule has 0 bridgehead atoms. The summed E-state index contributed by atoms with van der Waals surface area (Å²) in [7, 11) is 0. The summed E-state index contributed by atoms with van der Waals surface area (Å²) in [5, 5.41) is 4.30. The van der Waals surface area contributed by atoms with E-state index in [9.17, 15) is 9.59 Å². The molecule has 0 saturated heterocycles. The zero-order valence-electron chi connectivity index (χ0n) is 17.4. The molecule has 1 amide bonds. The summed E-state index contributed by atoms with van der Waals surface area (Å²) in [5.74, 6) is 0.565. The molecular weight excluding hydrogens is 400 g/mol. The number of carbonyl (C=O) groups excluding carboxylic acids is 1. The molecule has 3 rings (SSSR count). The van der Waals surface area contributed by atoms with Crippen LogP contribution in [0.1, 0.15) is 44.1 Å². The minimum Gasteiger partial charge on any atom is -0.345 e. The van der Waals surface area contributed by atoms with Crippen LogP contribution in [-0.4, -0.2) is 29.0 Å². The number of aromatic nitrogens is 2. The number of carbonyl (C=O) groups is 1. The van der Waals surface area contributed by atoms with E-state index in [-0.39, 0.29) is 17.5 Å². The van der Waals surface area contributed by atoms with E-state index in [1.807, 2.05) is 49.4 Å². The van der Waals surface area contributed by atoms with Crippen molar-refractivity contribution >= 4 is 28.4 Å². The molecule has 158 valence electrons. The molecule has 3 N–H and O–H groups in total. The fourth-order valence-electron chi connectivity index (χ4n) is 3.48. The van der Waals surface area contributed by atoms with E-state index in [1.165, 1.54) is 0 Å². The smallest absolute Gasteiger partial charge is 0.275 e. The van der Waals surface area contributed by atoms with Crippen LogP contribution >= 0.6 is 11.6 Å². The summed E-state index contributed by atoms with van der Waals surface area (Å²) >= 11 is 5.94. The van der Waals surface area contributed by atoms with Gasteiger partial charge in [0.1, 0.15) is 6.54 Å². The number of fused-ring (bicyclic) bond motifs is 1. The zero-order chi connectivity index (χ0) is 21.5. The lowest BCUT2D eigenvalue weighted by molar-refractivity contribution is -0.906. The average molecular weight is 428 g/mol. The van der Waals surface area contributed by atoms with E-state index in [2.05, 4.69) is 22.2 Å². The summed E-state index contributed by atoms with van der Waals surface area (Å²) in [6, 6.07) is 14.6. The number of benzene rings is 2. The van der Waals surface area contributed by atoms with Crippen molar-refractivity contribution in [3.63, 3.8) is 0 Å². The Bertz CT molecular complexity index is 1050. The van der Waals surface area contributed by atoms with Gasteiger partial charge in [0, 0.05) is 5.02 Å². The van der Waals surface area contributed by atoms with Gasteiger partial charge in [-0.2, -0.15) is 0 Å². The quantitative estimate of drug-likeness (QED) is 0.491. The summed E-state index contributed by atoms with van der Waals surface area (Å²) in [6.07, 6.45) is 2.03. The topological polar surface area (TPSA) is 79.3 Å². The van der Waals surface area contributed by atoms with E-state index in [4.69, 9.17) is 11.6 Å². The number of nitrogens with one attached hydrogen (secondary N) is 3. The van der Waals surface area contributed by atoms with Crippen molar-refractivity contribution in [3.05, 3.63) is 75.3 Å². The maximum Gasteiger partial charge on any atom is 0.275 e. The number of rotatable bonds is 9. The Morgan fingerprint density at radius 2 is 1.93 bits per heavy atom. The standard InChI is InChI=1S/C23H27ClN4O2/c1-3-4-13-28(14-21-26-20-8-6-5-7-19(20)23(30)27-21)15-22(29)25-16(2)17-9-11-18(24)12-10-17/h5-12,16H,3-4,13-15H2,1-2H3,(H,25,29)(H,26,27,30)/p+1/t16-/m0/s1. The van der Waals surface area contributed by atoms with Crippen molar-refractivity contribution in [1.29, 1.82) is 0 Å². The van der Waals surface area contributed by atoms with Crippen LogP contribution in [0.3, 0.4) is 0 Å². The molecule has 3 aromatic rings. The predicted octanol–water partition coefficient (Wildman–Crippen LogP) is 2.64. The molecule has 1 heterocycles. The van der Waals surface area contributed by atoms with Crippen LogP contribution in [0.25, 0.3) is 10.9 Å². The van der Waals surface area contributed by atoms with Gasteiger partial charge in [-0.3, -0.25) is 9.59 Å². The van der Waals surface area contributed by atoms with E-state index in [0.29, 0.717) is 34.8 Å². The number of halogens is 1. The van der Waals surface area contributed by atoms with Gasteiger partial charge in [-0.15, -0.1) is 0 Å². The fourth-order valence-corrected chi connectivity index (χ4v) is 3.60. The van der Waals surface area contributed by atoms with Gasteiger partial charge in [0.2, 0.25) is 0 Å². The average Bonchev–Trinajstić information content (AvgIpc) is 2.72.